The Labute approximate surface area is 149 Å². The number of rotatable bonds is 7. The standard InChI is InChI=1S/C18H18N4O2S/c1-2-24-16-10-6-3-7-13(16)11-19-22-17(23)12-25-18-20-14-8-4-5-9-15(14)21-18/h3-11H,2,12H2,1H3,(H,20,21)(H,22,23)/b19-11+. The van der Waals surface area contributed by atoms with Crippen LogP contribution in [0.1, 0.15) is 12.5 Å². The molecule has 1 amide bonds. The van der Waals surface area contributed by atoms with Crippen molar-refractivity contribution in [2.45, 2.75) is 12.1 Å². The minimum Gasteiger partial charge on any atom is -0.493 e. The van der Waals surface area contributed by atoms with Crippen molar-refractivity contribution < 1.29 is 9.53 Å². The van der Waals surface area contributed by atoms with Crippen LogP contribution in [0.25, 0.3) is 11.0 Å². The number of H-pyrrole nitrogens is 1. The highest BCUT2D eigenvalue weighted by Crippen LogP contribution is 2.19. The van der Waals surface area contributed by atoms with Crippen molar-refractivity contribution in [3.05, 3.63) is 54.1 Å². The zero-order valence-electron chi connectivity index (χ0n) is 13.7. The molecule has 1 heterocycles. The Morgan fingerprint density at radius 2 is 2.08 bits per heavy atom. The summed E-state index contributed by atoms with van der Waals surface area (Å²) in [7, 11) is 0. The van der Waals surface area contributed by atoms with Gasteiger partial charge in [0.25, 0.3) is 5.91 Å². The molecule has 0 aliphatic carbocycles. The fraction of sp³-hybridized carbons (Fsp3) is 0.167. The Morgan fingerprint density at radius 1 is 1.28 bits per heavy atom. The third-order valence-electron chi connectivity index (χ3n) is 3.32. The average molecular weight is 354 g/mol. The number of ether oxygens (including phenoxy) is 1. The van der Waals surface area contributed by atoms with E-state index < -0.39 is 0 Å². The Kier molecular flexibility index (Phi) is 5.69. The predicted octanol–water partition coefficient (Wildman–Crippen LogP) is 3.20. The molecule has 25 heavy (non-hydrogen) atoms. The average Bonchev–Trinajstić information content (AvgIpc) is 3.05. The maximum Gasteiger partial charge on any atom is 0.250 e. The summed E-state index contributed by atoms with van der Waals surface area (Å²) >= 11 is 1.33. The van der Waals surface area contributed by atoms with Crippen LogP contribution in [0, 0.1) is 0 Å². The van der Waals surface area contributed by atoms with Gasteiger partial charge in [-0.25, -0.2) is 10.4 Å². The molecule has 2 N–H and O–H groups in total. The van der Waals surface area contributed by atoms with E-state index in [-0.39, 0.29) is 11.7 Å². The summed E-state index contributed by atoms with van der Waals surface area (Å²) in [6, 6.07) is 15.3. The molecular formula is C18H18N4O2S. The summed E-state index contributed by atoms with van der Waals surface area (Å²) in [4.78, 5) is 19.5. The van der Waals surface area contributed by atoms with Crippen LogP contribution in [0.2, 0.25) is 0 Å². The largest absolute Gasteiger partial charge is 0.493 e. The van der Waals surface area contributed by atoms with Gasteiger partial charge in [0.2, 0.25) is 0 Å². The van der Waals surface area contributed by atoms with Gasteiger partial charge < -0.3 is 9.72 Å². The smallest absolute Gasteiger partial charge is 0.250 e. The second-order valence-corrected chi connectivity index (χ2v) is 6.08. The zero-order chi connectivity index (χ0) is 17.5. The molecule has 0 aliphatic rings. The van der Waals surface area contributed by atoms with Gasteiger partial charge in [-0.3, -0.25) is 4.79 Å². The summed E-state index contributed by atoms with van der Waals surface area (Å²) in [5, 5.41) is 4.70. The molecule has 0 unspecified atom stereocenters. The van der Waals surface area contributed by atoms with Crippen molar-refractivity contribution in [1.29, 1.82) is 0 Å². The van der Waals surface area contributed by atoms with Gasteiger partial charge in [0, 0.05) is 5.56 Å². The number of hydrogen-bond acceptors (Lipinski definition) is 5. The van der Waals surface area contributed by atoms with Gasteiger partial charge in [-0.15, -0.1) is 0 Å². The number of para-hydroxylation sites is 3. The number of amides is 1. The molecule has 0 saturated heterocycles. The van der Waals surface area contributed by atoms with Crippen LogP contribution >= 0.6 is 11.8 Å². The Bertz CT molecular complexity index is 858. The number of nitrogens with zero attached hydrogens (tertiary/aromatic N) is 2. The number of hydrogen-bond donors (Lipinski definition) is 2. The van der Waals surface area contributed by atoms with Crippen molar-refractivity contribution in [1.82, 2.24) is 15.4 Å². The Morgan fingerprint density at radius 3 is 2.92 bits per heavy atom. The lowest BCUT2D eigenvalue weighted by Crippen LogP contribution is -2.19. The highest BCUT2D eigenvalue weighted by atomic mass is 32.2. The van der Waals surface area contributed by atoms with Crippen molar-refractivity contribution in [3.8, 4) is 5.75 Å². The van der Waals surface area contributed by atoms with Crippen LogP contribution in [-0.2, 0) is 4.79 Å². The third kappa shape index (κ3) is 4.60. The number of hydrazone groups is 1. The molecular weight excluding hydrogens is 336 g/mol. The van der Waals surface area contributed by atoms with Gasteiger partial charge in [-0.1, -0.05) is 36.0 Å². The van der Waals surface area contributed by atoms with E-state index in [9.17, 15) is 4.79 Å². The highest BCUT2D eigenvalue weighted by Gasteiger charge is 2.06. The fourth-order valence-corrected chi connectivity index (χ4v) is 2.89. The van der Waals surface area contributed by atoms with Crippen molar-refractivity contribution >= 4 is 34.9 Å². The van der Waals surface area contributed by atoms with E-state index in [0.717, 1.165) is 22.3 Å². The number of fused-ring (bicyclic) bond motifs is 1. The van der Waals surface area contributed by atoms with Crippen LogP contribution in [0.5, 0.6) is 5.75 Å². The Hall–Kier alpha value is -2.80. The van der Waals surface area contributed by atoms with Crippen molar-refractivity contribution in [2.24, 2.45) is 5.10 Å². The number of imidazole rings is 1. The zero-order valence-corrected chi connectivity index (χ0v) is 14.5. The third-order valence-corrected chi connectivity index (χ3v) is 4.19. The van der Waals surface area contributed by atoms with E-state index in [2.05, 4.69) is 20.5 Å². The molecule has 0 aliphatic heterocycles. The van der Waals surface area contributed by atoms with Crippen LogP contribution in [-0.4, -0.2) is 34.4 Å². The van der Waals surface area contributed by atoms with E-state index in [1.54, 1.807) is 6.21 Å². The molecule has 3 aromatic rings. The lowest BCUT2D eigenvalue weighted by atomic mass is 10.2. The minimum atomic E-state index is -0.199. The quantitative estimate of drug-likeness (QED) is 0.388. The Balaban J connectivity index is 1.52. The number of benzene rings is 2. The maximum atomic E-state index is 11.9. The minimum absolute atomic E-state index is 0.199. The van der Waals surface area contributed by atoms with E-state index in [1.807, 2.05) is 55.5 Å². The molecule has 1 aromatic heterocycles. The molecule has 3 rings (SSSR count). The summed E-state index contributed by atoms with van der Waals surface area (Å²) in [6.07, 6.45) is 1.58. The predicted molar refractivity (Wildman–Crippen MR) is 100 cm³/mol. The van der Waals surface area contributed by atoms with Gasteiger partial charge >= 0.3 is 0 Å². The second-order valence-electron chi connectivity index (χ2n) is 5.11. The van der Waals surface area contributed by atoms with Gasteiger partial charge in [-0.05, 0) is 31.2 Å². The molecule has 0 saturated carbocycles. The van der Waals surface area contributed by atoms with Crippen LogP contribution in [0.4, 0.5) is 0 Å². The van der Waals surface area contributed by atoms with Crippen LogP contribution < -0.4 is 10.2 Å². The number of nitrogens with one attached hydrogen (secondary N) is 2. The SMILES string of the molecule is CCOc1ccccc1/C=N/NC(=O)CSc1nc2ccccc2[nH]1. The summed E-state index contributed by atoms with van der Waals surface area (Å²) in [5.41, 5.74) is 5.17. The summed E-state index contributed by atoms with van der Waals surface area (Å²) in [6.45, 7) is 2.50. The number of aromatic amines is 1. The van der Waals surface area contributed by atoms with Crippen molar-refractivity contribution in [2.75, 3.05) is 12.4 Å². The molecule has 0 fully saturated rings. The first-order valence-electron chi connectivity index (χ1n) is 7.87. The molecule has 128 valence electrons. The molecule has 0 bridgehead atoms. The topological polar surface area (TPSA) is 79.4 Å². The van der Waals surface area contributed by atoms with E-state index in [1.165, 1.54) is 11.8 Å². The number of thioether (sulfide) groups is 1. The monoisotopic (exact) mass is 354 g/mol. The first kappa shape index (κ1) is 17.0. The molecule has 2 aromatic carbocycles. The number of carbonyl (C=O) groups is 1. The van der Waals surface area contributed by atoms with Gasteiger partial charge in [0.1, 0.15) is 5.75 Å². The molecule has 0 radical (unpaired) electrons. The van der Waals surface area contributed by atoms with E-state index in [4.69, 9.17) is 4.74 Å². The second kappa shape index (κ2) is 8.34. The maximum absolute atomic E-state index is 11.9. The van der Waals surface area contributed by atoms with Crippen molar-refractivity contribution in [3.63, 3.8) is 0 Å². The van der Waals surface area contributed by atoms with Crippen LogP contribution in [0.3, 0.4) is 0 Å². The molecule has 6 nitrogen and oxygen atoms in total. The van der Waals surface area contributed by atoms with E-state index in [0.29, 0.717) is 11.8 Å². The lowest BCUT2D eigenvalue weighted by Gasteiger charge is -2.05. The van der Waals surface area contributed by atoms with Gasteiger partial charge in [0.05, 0.1) is 29.6 Å². The fourth-order valence-electron chi connectivity index (χ4n) is 2.21. The molecule has 0 spiro atoms. The van der Waals surface area contributed by atoms with Gasteiger partial charge in [-0.2, -0.15) is 5.10 Å². The first-order chi connectivity index (χ1) is 12.3. The van der Waals surface area contributed by atoms with E-state index >= 15 is 0 Å². The normalized spacial score (nSPS) is 11.1. The lowest BCUT2D eigenvalue weighted by molar-refractivity contribution is -0.118. The summed E-state index contributed by atoms with van der Waals surface area (Å²) < 4.78 is 5.51. The van der Waals surface area contributed by atoms with Crippen LogP contribution in [0.15, 0.2) is 58.8 Å². The number of aromatic nitrogens is 2. The first-order valence-corrected chi connectivity index (χ1v) is 8.86. The highest BCUT2D eigenvalue weighted by molar-refractivity contribution is 7.99. The number of carbonyl (C=O) groups excluding carboxylic acids is 1. The molecule has 0 atom stereocenters. The molecule has 7 heteroatoms. The van der Waals surface area contributed by atoms with Gasteiger partial charge in [0.15, 0.2) is 5.16 Å². The summed E-state index contributed by atoms with van der Waals surface area (Å²) in [5.74, 6) is 0.764.